The summed E-state index contributed by atoms with van der Waals surface area (Å²) in [5.41, 5.74) is 5.52. The number of rotatable bonds is 4. The van der Waals surface area contributed by atoms with Crippen molar-refractivity contribution < 1.29 is 4.52 Å². The summed E-state index contributed by atoms with van der Waals surface area (Å²) in [6.07, 6.45) is 9.10. The van der Waals surface area contributed by atoms with E-state index in [1.807, 2.05) is 0 Å². The highest BCUT2D eigenvalue weighted by molar-refractivity contribution is 5.01. The van der Waals surface area contributed by atoms with E-state index in [9.17, 15) is 0 Å². The number of nitrogens with zero attached hydrogens (tertiary/aromatic N) is 2. The van der Waals surface area contributed by atoms with Crippen LogP contribution in [0.3, 0.4) is 0 Å². The molecule has 19 heavy (non-hydrogen) atoms. The van der Waals surface area contributed by atoms with Gasteiger partial charge in [0, 0.05) is 19.4 Å². The third-order valence-electron chi connectivity index (χ3n) is 5.71. The maximum atomic E-state index is 5.52. The van der Waals surface area contributed by atoms with Gasteiger partial charge in [-0.25, -0.2) is 0 Å². The highest BCUT2D eigenvalue weighted by atomic mass is 16.5. The van der Waals surface area contributed by atoms with Gasteiger partial charge in [0.1, 0.15) is 0 Å². The normalized spacial score (nSPS) is 39.9. The largest absolute Gasteiger partial charge is 0.339 e. The second-order valence-corrected chi connectivity index (χ2v) is 6.94. The summed E-state index contributed by atoms with van der Waals surface area (Å²) in [6, 6.07) is 0. The molecule has 1 heterocycles. The van der Waals surface area contributed by atoms with Gasteiger partial charge in [-0.1, -0.05) is 5.16 Å². The Labute approximate surface area is 114 Å². The summed E-state index contributed by atoms with van der Waals surface area (Å²) >= 11 is 0. The molecule has 4 saturated carbocycles. The van der Waals surface area contributed by atoms with Crippen molar-refractivity contribution in [2.75, 3.05) is 6.54 Å². The van der Waals surface area contributed by atoms with Crippen molar-refractivity contribution in [1.82, 2.24) is 10.1 Å². The van der Waals surface area contributed by atoms with Gasteiger partial charge in [-0.3, -0.25) is 0 Å². The van der Waals surface area contributed by atoms with E-state index in [1.165, 1.54) is 32.1 Å². The molecule has 4 heteroatoms. The van der Waals surface area contributed by atoms with Gasteiger partial charge in [-0.15, -0.1) is 0 Å². The average Bonchev–Trinajstić information content (AvgIpc) is 2.81. The maximum Gasteiger partial charge on any atom is 0.227 e. The molecule has 4 bridgehead atoms. The third-order valence-corrected chi connectivity index (χ3v) is 5.71. The first-order valence-corrected chi connectivity index (χ1v) is 7.83. The summed E-state index contributed by atoms with van der Waals surface area (Å²) in [4.78, 5) is 4.49. The molecule has 4 aliphatic carbocycles. The molecule has 0 spiro atoms. The molecule has 0 atom stereocenters. The van der Waals surface area contributed by atoms with Crippen LogP contribution >= 0.6 is 0 Å². The van der Waals surface area contributed by atoms with E-state index in [-0.39, 0.29) is 0 Å². The third kappa shape index (κ3) is 2.10. The van der Waals surface area contributed by atoms with E-state index in [0.717, 1.165) is 41.8 Å². The van der Waals surface area contributed by atoms with Crippen LogP contribution in [0.4, 0.5) is 0 Å². The van der Waals surface area contributed by atoms with Crippen LogP contribution in [0.25, 0.3) is 0 Å². The molecular formula is C15H23N3O. The molecule has 0 saturated heterocycles. The molecule has 0 amide bonds. The fraction of sp³-hybridized carbons (Fsp3) is 0.867. The number of aromatic nitrogens is 2. The van der Waals surface area contributed by atoms with Crippen molar-refractivity contribution in [2.45, 2.75) is 44.9 Å². The van der Waals surface area contributed by atoms with E-state index < -0.39 is 0 Å². The highest BCUT2D eigenvalue weighted by Gasteiger charge is 2.48. The lowest BCUT2D eigenvalue weighted by Crippen LogP contribution is -2.45. The fourth-order valence-electron chi connectivity index (χ4n) is 5.18. The van der Waals surface area contributed by atoms with Crippen molar-refractivity contribution in [2.24, 2.45) is 35.3 Å². The Balaban J connectivity index is 1.47. The molecule has 5 rings (SSSR count). The van der Waals surface area contributed by atoms with Crippen molar-refractivity contribution in [3.05, 3.63) is 11.7 Å². The van der Waals surface area contributed by atoms with Crippen LogP contribution in [0.2, 0.25) is 0 Å². The molecule has 0 aromatic carbocycles. The monoisotopic (exact) mass is 261 g/mol. The van der Waals surface area contributed by atoms with Crippen molar-refractivity contribution in [3.8, 4) is 0 Å². The Hall–Kier alpha value is -0.900. The van der Waals surface area contributed by atoms with Crippen LogP contribution in [-0.4, -0.2) is 16.7 Å². The lowest BCUT2D eigenvalue weighted by Gasteiger charge is -2.54. The van der Waals surface area contributed by atoms with Crippen LogP contribution in [0.5, 0.6) is 0 Å². The molecule has 1 aromatic heterocycles. The smallest absolute Gasteiger partial charge is 0.227 e. The van der Waals surface area contributed by atoms with Crippen LogP contribution in [-0.2, 0) is 12.8 Å². The second kappa shape index (κ2) is 4.58. The molecule has 2 N–H and O–H groups in total. The Kier molecular flexibility index (Phi) is 2.87. The zero-order valence-electron chi connectivity index (χ0n) is 11.4. The van der Waals surface area contributed by atoms with Gasteiger partial charge in [0.2, 0.25) is 5.89 Å². The van der Waals surface area contributed by atoms with Crippen molar-refractivity contribution in [1.29, 1.82) is 0 Å². The minimum atomic E-state index is 0.583. The second-order valence-electron chi connectivity index (χ2n) is 6.94. The molecule has 4 nitrogen and oxygen atoms in total. The Morgan fingerprint density at radius 3 is 2.37 bits per heavy atom. The van der Waals surface area contributed by atoms with Gasteiger partial charge in [0.25, 0.3) is 0 Å². The average molecular weight is 261 g/mol. The lowest BCUT2D eigenvalue weighted by atomic mass is 9.51. The summed E-state index contributed by atoms with van der Waals surface area (Å²) in [5, 5.41) is 4.14. The van der Waals surface area contributed by atoms with E-state index in [1.54, 1.807) is 0 Å². The molecule has 1 aromatic rings. The summed E-state index contributed by atoms with van der Waals surface area (Å²) < 4.78 is 5.26. The summed E-state index contributed by atoms with van der Waals surface area (Å²) in [7, 11) is 0. The van der Waals surface area contributed by atoms with Gasteiger partial charge in [-0.2, -0.15) is 4.98 Å². The molecule has 0 radical (unpaired) electrons. The van der Waals surface area contributed by atoms with Crippen molar-refractivity contribution in [3.63, 3.8) is 0 Å². The first kappa shape index (κ1) is 11.9. The standard InChI is InChI=1S/C15H23N3O/c16-2-1-15-17-14(18-19-15)8-13-11-4-9-3-10(6-11)7-12(13)5-9/h9-13H,1-8,16H2. The minimum absolute atomic E-state index is 0.583. The molecular weight excluding hydrogens is 238 g/mol. The van der Waals surface area contributed by atoms with Crippen LogP contribution in [0, 0.1) is 29.6 Å². The predicted octanol–water partition coefficient (Wildman–Crippen LogP) is 2.19. The van der Waals surface area contributed by atoms with Gasteiger partial charge in [-0.05, 0) is 61.7 Å². The van der Waals surface area contributed by atoms with Gasteiger partial charge in [0.15, 0.2) is 5.82 Å². The number of hydrogen-bond acceptors (Lipinski definition) is 4. The Morgan fingerprint density at radius 1 is 1.05 bits per heavy atom. The molecule has 104 valence electrons. The zero-order valence-corrected chi connectivity index (χ0v) is 11.4. The maximum absolute atomic E-state index is 5.52. The van der Waals surface area contributed by atoms with Gasteiger partial charge in [0.05, 0.1) is 0 Å². The van der Waals surface area contributed by atoms with E-state index >= 15 is 0 Å². The van der Waals surface area contributed by atoms with Crippen LogP contribution < -0.4 is 5.73 Å². The number of hydrogen-bond donors (Lipinski definition) is 1. The molecule has 0 unspecified atom stereocenters. The van der Waals surface area contributed by atoms with Crippen LogP contribution in [0.1, 0.15) is 43.8 Å². The van der Waals surface area contributed by atoms with Gasteiger partial charge >= 0.3 is 0 Å². The quantitative estimate of drug-likeness (QED) is 0.902. The van der Waals surface area contributed by atoms with Crippen LogP contribution in [0.15, 0.2) is 4.52 Å². The first-order valence-electron chi connectivity index (χ1n) is 7.83. The summed E-state index contributed by atoms with van der Waals surface area (Å²) in [5.74, 6) is 6.40. The molecule has 4 fully saturated rings. The molecule has 0 aliphatic heterocycles. The lowest BCUT2D eigenvalue weighted by molar-refractivity contribution is -0.0368. The Bertz CT molecular complexity index is 428. The predicted molar refractivity (Wildman–Crippen MR) is 71.3 cm³/mol. The fourth-order valence-corrected chi connectivity index (χ4v) is 5.18. The summed E-state index contributed by atoms with van der Waals surface area (Å²) in [6.45, 7) is 0.583. The minimum Gasteiger partial charge on any atom is -0.339 e. The Morgan fingerprint density at radius 2 is 1.74 bits per heavy atom. The molecule has 4 aliphatic rings. The first-order chi connectivity index (χ1) is 9.31. The number of nitrogens with two attached hydrogens (primary N) is 1. The topological polar surface area (TPSA) is 64.9 Å². The van der Waals surface area contributed by atoms with E-state index in [2.05, 4.69) is 10.1 Å². The van der Waals surface area contributed by atoms with E-state index in [4.69, 9.17) is 10.3 Å². The van der Waals surface area contributed by atoms with E-state index in [0.29, 0.717) is 18.9 Å². The van der Waals surface area contributed by atoms with Gasteiger partial charge < -0.3 is 10.3 Å². The van der Waals surface area contributed by atoms with Crippen molar-refractivity contribution >= 4 is 0 Å². The SMILES string of the molecule is NCCc1nc(CC2C3CC4CC(C3)CC2C4)no1. The highest BCUT2D eigenvalue weighted by Crippen LogP contribution is 2.57. The zero-order chi connectivity index (χ0) is 12.8.